The Balaban J connectivity index is 1.36. The van der Waals surface area contributed by atoms with E-state index in [9.17, 15) is 29.4 Å². The number of amides is 1. The van der Waals surface area contributed by atoms with Crippen LogP contribution >= 0.6 is 0 Å². The van der Waals surface area contributed by atoms with Crippen LogP contribution in [0.4, 0.5) is 5.69 Å². The largest absolute Gasteiger partial charge is 0.496 e. The molecule has 1 saturated carbocycles. The van der Waals surface area contributed by atoms with Gasteiger partial charge >= 0.3 is 17.9 Å². The first-order chi connectivity index (χ1) is 28.9. The fourth-order valence-corrected chi connectivity index (χ4v) is 13.5. The maximum atomic E-state index is 14.7. The van der Waals surface area contributed by atoms with Gasteiger partial charge in [-0.2, -0.15) is 0 Å². The zero-order valence-corrected chi connectivity index (χ0v) is 35.2. The molecule has 2 saturated heterocycles. The number of anilines is 1. The van der Waals surface area contributed by atoms with Gasteiger partial charge < -0.3 is 39.0 Å². The van der Waals surface area contributed by atoms with Gasteiger partial charge in [-0.15, -0.1) is 0 Å². The average molecular weight is 825 g/mol. The Morgan fingerprint density at radius 3 is 2.42 bits per heavy atom. The summed E-state index contributed by atoms with van der Waals surface area (Å²) in [4.78, 5) is 66.6. The minimum Gasteiger partial charge on any atom is -0.496 e. The van der Waals surface area contributed by atoms with E-state index < -0.39 is 69.8 Å². The summed E-state index contributed by atoms with van der Waals surface area (Å²) >= 11 is 0. The van der Waals surface area contributed by atoms with Crippen LogP contribution < -0.4 is 9.64 Å². The highest BCUT2D eigenvalue weighted by Crippen LogP contribution is 2.69. The second kappa shape index (κ2) is 14.4. The second-order valence-corrected chi connectivity index (χ2v) is 18.0. The number of hydrogen-bond acceptors (Lipinski definition) is 12. The van der Waals surface area contributed by atoms with Crippen LogP contribution in [0.15, 0.2) is 48.6 Å². The molecule has 5 aliphatic heterocycles. The van der Waals surface area contributed by atoms with Gasteiger partial charge in [0.2, 0.25) is 6.41 Å². The number of carbonyl (C=O) groups excluding carboxylic acids is 4. The van der Waals surface area contributed by atoms with Gasteiger partial charge in [-0.1, -0.05) is 44.2 Å². The van der Waals surface area contributed by atoms with Gasteiger partial charge in [0.05, 0.1) is 45.8 Å². The number of piperidine rings is 1. The van der Waals surface area contributed by atoms with Crippen molar-refractivity contribution in [1.82, 2.24) is 14.8 Å². The summed E-state index contributed by atoms with van der Waals surface area (Å²) in [7, 11) is 5.36. The number of ether oxygens (including phenoxy) is 4. The number of H-pyrrole nitrogens is 1. The van der Waals surface area contributed by atoms with Crippen LogP contribution in [0.5, 0.6) is 5.75 Å². The van der Waals surface area contributed by atoms with Gasteiger partial charge in [-0.3, -0.25) is 24.2 Å². The third kappa shape index (κ3) is 5.26. The fraction of sp³-hybridized carbons (Fsp3) is 0.565. The zero-order valence-electron chi connectivity index (χ0n) is 35.2. The van der Waals surface area contributed by atoms with Crippen molar-refractivity contribution in [3.63, 3.8) is 0 Å². The summed E-state index contributed by atoms with van der Waals surface area (Å²) in [5.74, 6) is -5.03. The normalized spacial score (nSPS) is 36.5. The third-order valence-electron chi connectivity index (χ3n) is 15.7. The van der Waals surface area contributed by atoms with Crippen LogP contribution in [-0.4, -0.2) is 134 Å². The van der Waals surface area contributed by atoms with E-state index in [-0.39, 0.29) is 5.92 Å². The van der Waals surface area contributed by atoms with E-state index in [1.165, 1.54) is 26.2 Å². The van der Waals surface area contributed by atoms with Crippen molar-refractivity contribution in [3.8, 4) is 5.75 Å². The number of rotatable bonds is 8. The highest BCUT2D eigenvalue weighted by atomic mass is 16.5. The van der Waals surface area contributed by atoms with E-state index in [0.717, 1.165) is 22.2 Å². The Labute approximate surface area is 349 Å². The first kappa shape index (κ1) is 40.6. The van der Waals surface area contributed by atoms with Crippen molar-refractivity contribution >= 4 is 40.9 Å². The Bertz CT molecular complexity index is 2290. The fourth-order valence-electron chi connectivity index (χ4n) is 13.5. The number of aliphatic hydroxyl groups is 2. The minimum atomic E-state index is -2.55. The molecule has 1 aliphatic carbocycles. The lowest BCUT2D eigenvalue weighted by molar-refractivity contribution is -0.210. The molecule has 6 aliphatic rings. The number of aromatic amines is 1. The molecule has 1 spiro atoms. The smallest absolute Gasteiger partial charge is 0.341 e. The molecule has 3 N–H and O–H groups in total. The number of para-hydroxylation sites is 1. The van der Waals surface area contributed by atoms with Gasteiger partial charge in [0.15, 0.2) is 5.60 Å². The minimum absolute atomic E-state index is 0.275. The molecule has 1 aromatic heterocycles. The molecule has 0 radical (unpaired) electrons. The first-order valence-electron chi connectivity index (χ1n) is 21.2. The van der Waals surface area contributed by atoms with E-state index in [1.807, 2.05) is 50.3 Å². The van der Waals surface area contributed by atoms with E-state index in [1.54, 1.807) is 13.2 Å². The van der Waals surface area contributed by atoms with Gasteiger partial charge in [0.1, 0.15) is 17.6 Å². The first-order valence-corrected chi connectivity index (χ1v) is 21.2. The molecule has 2 aromatic carbocycles. The molecule has 320 valence electrons. The Hall–Kier alpha value is -4.76. The molecule has 14 nitrogen and oxygen atoms in total. The Morgan fingerprint density at radius 1 is 0.967 bits per heavy atom. The molecule has 11 atom stereocenters. The molecule has 14 heteroatoms. The van der Waals surface area contributed by atoms with Crippen LogP contribution in [0, 0.1) is 17.3 Å². The molecule has 6 heterocycles. The molecule has 1 amide bonds. The monoisotopic (exact) mass is 824 g/mol. The number of nitrogens with one attached hydrogen (secondary N) is 1. The number of nitrogens with zero attached hydrogens (tertiary/aromatic N) is 3. The van der Waals surface area contributed by atoms with Crippen molar-refractivity contribution in [3.05, 3.63) is 70.9 Å². The number of esters is 3. The van der Waals surface area contributed by atoms with Crippen LogP contribution in [0.25, 0.3) is 10.9 Å². The number of fused-ring (bicyclic) bond motifs is 6. The van der Waals surface area contributed by atoms with Crippen molar-refractivity contribution in [2.45, 2.75) is 86.5 Å². The molecule has 2 bridgehead atoms. The highest BCUT2D eigenvalue weighted by molar-refractivity contribution is 5.96. The lowest BCUT2D eigenvalue weighted by Gasteiger charge is -2.63. The van der Waals surface area contributed by atoms with Crippen LogP contribution in [0.2, 0.25) is 0 Å². The van der Waals surface area contributed by atoms with Gasteiger partial charge in [0.25, 0.3) is 0 Å². The highest BCUT2D eigenvalue weighted by Gasteiger charge is 2.81. The lowest BCUT2D eigenvalue weighted by atomic mass is 9.44. The summed E-state index contributed by atoms with van der Waals surface area (Å²) in [6, 6.07) is 10.1. The topological polar surface area (TPSA) is 171 Å². The zero-order chi connectivity index (χ0) is 42.5. The van der Waals surface area contributed by atoms with Crippen LogP contribution in [-0.2, 0) is 45.2 Å². The molecule has 3 fully saturated rings. The van der Waals surface area contributed by atoms with Gasteiger partial charge in [-0.05, 0) is 73.4 Å². The second-order valence-electron chi connectivity index (χ2n) is 18.0. The SMILES string of the molecule is CC[C@]1(O)C[C@@H]2C[N@@](CCc3c([nH]c4ccccc34)[C@H](C(=O)OC)[C@H]2c2cc3c(cc2OC)N(C=O)[C@H]2[C@@](O)(C(=O)OC)[C@H](C(=O)OC)[C@]4(CC)C=CCN5CC[C@]32[C@@H]54)C1. The van der Waals surface area contributed by atoms with Crippen LogP contribution in [0.1, 0.15) is 73.8 Å². The predicted octanol–water partition coefficient (Wildman–Crippen LogP) is 3.57. The predicted molar refractivity (Wildman–Crippen MR) is 221 cm³/mol. The van der Waals surface area contributed by atoms with Gasteiger partial charge in [-0.25, -0.2) is 4.79 Å². The van der Waals surface area contributed by atoms with Crippen molar-refractivity contribution < 1.29 is 48.3 Å². The maximum Gasteiger partial charge on any atom is 0.341 e. The number of methoxy groups -OCH3 is 4. The number of hydrogen-bond donors (Lipinski definition) is 3. The van der Waals surface area contributed by atoms with E-state index in [4.69, 9.17) is 18.9 Å². The maximum absolute atomic E-state index is 14.7. The van der Waals surface area contributed by atoms with Gasteiger partial charge in [0, 0.05) is 71.6 Å². The molecule has 60 heavy (non-hydrogen) atoms. The quantitative estimate of drug-likeness (QED) is 0.131. The summed E-state index contributed by atoms with van der Waals surface area (Å²) in [5, 5.41) is 26.5. The summed E-state index contributed by atoms with van der Waals surface area (Å²) in [6.45, 7) is 6.82. The van der Waals surface area contributed by atoms with Crippen molar-refractivity contribution in [2.24, 2.45) is 17.3 Å². The third-order valence-corrected chi connectivity index (χ3v) is 15.7. The van der Waals surface area contributed by atoms with E-state index in [2.05, 4.69) is 20.9 Å². The molecular formula is C46H56N4O10. The Kier molecular flexibility index (Phi) is 9.77. The lowest BCUT2D eigenvalue weighted by Crippen LogP contribution is -2.80. The van der Waals surface area contributed by atoms with Crippen LogP contribution in [0.3, 0.4) is 0 Å². The summed E-state index contributed by atoms with van der Waals surface area (Å²) in [5.41, 5.74) is -1.31. The molecular weight excluding hydrogens is 769 g/mol. The Morgan fingerprint density at radius 2 is 1.73 bits per heavy atom. The van der Waals surface area contributed by atoms with Crippen molar-refractivity contribution in [1.29, 1.82) is 0 Å². The number of carbonyl (C=O) groups is 4. The number of benzene rings is 2. The summed E-state index contributed by atoms with van der Waals surface area (Å²) < 4.78 is 22.8. The standard InChI is InChI=1S/C46H56N4O10/c1-7-43(55)22-26-23-48(24-43)18-14-28-27-12-9-10-13-31(27)47-36(28)35(38(52)58-4)34(26)29-20-30-32(21-33(29)57-3)50(25-51)41-45(30)16-19-49-17-11-15-44(8-2,40(45)49)37(39(53)59-5)46(41,56)42(54)60-6/h9-13,15,20-21,25-26,34-35,37,40-41,47,55-56H,7-8,14,16-19,22-24H2,1-6H3/t26-,34-,35-,37-,40+,41-,43+,44+,45-,46-/m1/s1. The average Bonchev–Trinajstić information content (AvgIpc) is 3.93. The number of aromatic nitrogens is 1. The van der Waals surface area contributed by atoms with E-state index >= 15 is 0 Å². The van der Waals surface area contributed by atoms with E-state index in [0.29, 0.717) is 93.8 Å². The molecule has 9 rings (SSSR count). The van der Waals surface area contributed by atoms with Crippen molar-refractivity contribution in [2.75, 3.05) is 66.1 Å². The molecule has 0 unspecified atom stereocenters. The summed E-state index contributed by atoms with van der Waals surface area (Å²) in [6.07, 6.45) is 6.94. The molecule has 3 aromatic rings.